The van der Waals surface area contributed by atoms with Crippen molar-refractivity contribution in [3.8, 4) is 11.1 Å². The second-order valence-electron chi connectivity index (χ2n) is 6.09. The summed E-state index contributed by atoms with van der Waals surface area (Å²) in [6.07, 6.45) is 3.27. The van der Waals surface area contributed by atoms with Gasteiger partial charge >= 0.3 is 5.97 Å². The van der Waals surface area contributed by atoms with Gasteiger partial charge in [0.05, 0.1) is 13.3 Å². The molecule has 2 aromatic carbocycles. The molecule has 150 valence electrons. The first kappa shape index (κ1) is 20.6. The first-order valence-electron chi connectivity index (χ1n) is 8.61. The molecule has 0 amide bonds. The number of carbonyl (C=O) groups excluding carboxylic acids is 1. The first-order valence-corrected chi connectivity index (χ1v) is 9.83. The van der Waals surface area contributed by atoms with E-state index in [4.69, 9.17) is 0 Å². The third kappa shape index (κ3) is 4.48. The number of rotatable bonds is 6. The Morgan fingerprint density at radius 1 is 1.17 bits per heavy atom. The van der Waals surface area contributed by atoms with Crippen LogP contribution in [0.3, 0.4) is 0 Å². The third-order valence-corrected chi connectivity index (χ3v) is 5.08. The van der Waals surface area contributed by atoms with Gasteiger partial charge in [0, 0.05) is 16.5 Å². The SMILES string of the molecule is COC(=O)c1c(F)cccc1-c1ccc(CNc2cc(SC)cc[n+]2[O-])c(F)c1. The van der Waals surface area contributed by atoms with Crippen molar-refractivity contribution in [1.82, 2.24) is 0 Å². The van der Waals surface area contributed by atoms with E-state index < -0.39 is 17.6 Å². The molecule has 0 atom stereocenters. The molecule has 5 nitrogen and oxygen atoms in total. The van der Waals surface area contributed by atoms with Crippen molar-refractivity contribution in [2.75, 3.05) is 18.7 Å². The highest BCUT2D eigenvalue weighted by Gasteiger charge is 2.19. The quantitative estimate of drug-likeness (QED) is 0.280. The number of esters is 1. The average molecular weight is 416 g/mol. The van der Waals surface area contributed by atoms with Crippen LogP contribution in [0, 0.1) is 16.8 Å². The van der Waals surface area contributed by atoms with E-state index >= 15 is 0 Å². The summed E-state index contributed by atoms with van der Waals surface area (Å²) in [4.78, 5) is 12.8. The smallest absolute Gasteiger partial charge is 0.341 e. The topological polar surface area (TPSA) is 65.3 Å². The van der Waals surface area contributed by atoms with Crippen molar-refractivity contribution in [2.45, 2.75) is 11.4 Å². The number of ether oxygens (including phenoxy) is 1. The molecule has 0 radical (unpaired) electrons. The van der Waals surface area contributed by atoms with E-state index in [9.17, 15) is 18.8 Å². The largest absolute Gasteiger partial charge is 0.711 e. The molecule has 0 saturated carbocycles. The highest BCUT2D eigenvalue weighted by Crippen LogP contribution is 2.28. The Kier molecular flexibility index (Phi) is 6.33. The van der Waals surface area contributed by atoms with Crippen LogP contribution in [-0.2, 0) is 11.3 Å². The molecule has 0 fully saturated rings. The molecule has 0 bridgehead atoms. The Hall–Kier alpha value is -3.13. The number of aromatic nitrogens is 1. The van der Waals surface area contributed by atoms with Crippen molar-refractivity contribution in [2.24, 2.45) is 0 Å². The van der Waals surface area contributed by atoms with Gasteiger partial charge in [-0.05, 0) is 35.6 Å². The summed E-state index contributed by atoms with van der Waals surface area (Å²) in [7, 11) is 1.15. The number of carbonyl (C=O) groups is 1. The molecule has 0 unspecified atom stereocenters. The van der Waals surface area contributed by atoms with Crippen molar-refractivity contribution < 1.29 is 23.0 Å². The lowest BCUT2D eigenvalue weighted by Gasteiger charge is -2.12. The molecule has 0 spiro atoms. The van der Waals surface area contributed by atoms with Crippen LogP contribution in [0.25, 0.3) is 11.1 Å². The van der Waals surface area contributed by atoms with Crippen LogP contribution in [0.2, 0.25) is 0 Å². The number of thioether (sulfide) groups is 1. The highest BCUT2D eigenvalue weighted by atomic mass is 32.2. The monoisotopic (exact) mass is 416 g/mol. The van der Waals surface area contributed by atoms with E-state index in [0.29, 0.717) is 21.7 Å². The number of nitrogens with one attached hydrogen (secondary N) is 1. The fraction of sp³-hybridized carbons (Fsp3) is 0.143. The van der Waals surface area contributed by atoms with Crippen LogP contribution in [0.15, 0.2) is 59.6 Å². The molecule has 1 heterocycles. The van der Waals surface area contributed by atoms with Gasteiger partial charge in [-0.25, -0.2) is 18.3 Å². The molecule has 0 saturated heterocycles. The molecule has 29 heavy (non-hydrogen) atoms. The minimum atomic E-state index is -0.835. The van der Waals surface area contributed by atoms with Gasteiger partial charge in [0.2, 0.25) is 0 Å². The maximum Gasteiger partial charge on any atom is 0.341 e. The number of benzene rings is 2. The number of methoxy groups -OCH3 is 1. The van der Waals surface area contributed by atoms with Crippen molar-refractivity contribution in [3.05, 3.63) is 82.7 Å². The van der Waals surface area contributed by atoms with Gasteiger partial charge in [-0.15, -0.1) is 11.8 Å². The molecule has 0 aliphatic heterocycles. The molecular formula is C21H18F2N2O3S. The van der Waals surface area contributed by atoms with E-state index in [0.717, 1.165) is 18.1 Å². The van der Waals surface area contributed by atoms with Gasteiger partial charge in [0.25, 0.3) is 5.82 Å². The molecule has 3 rings (SSSR count). The van der Waals surface area contributed by atoms with E-state index in [-0.39, 0.29) is 17.7 Å². The lowest BCUT2D eigenvalue weighted by molar-refractivity contribution is -0.590. The van der Waals surface area contributed by atoms with Crippen LogP contribution in [-0.4, -0.2) is 19.3 Å². The summed E-state index contributed by atoms with van der Waals surface area (Å²) >= 11 is 1.49. The van der Waals surface area contributed by atoms with Crippen LogP contribution >= 0.6 is 11.8 Å². The normalized spacial score (nSPS) is 10.6. The predicted octanol–water partition coefficient (Wildman–Crippen LogP) is 4.39. The summed E-state index contributed by atoms with van der Waals surface area (Å²) in [6.45, 7) is 0.0825. The molecule has 0 aliphatic rings. The van der Waals surface area contributed by atoms with E-state index in [1.165, 1.54) is 42.2 Å². The second-order valence-corrected chi connectivity index (χ2v) is 6.97. The van der Waals surface area contributed by atoms with Gasteiger partial charge in [0.1, 0.15) is 23.7 Å². The molecular weight excluding hydrogens is 398 g/mol. The minimum Gasteiger partial charge on any atom is -0.711 e. The molecule has 3 aromatic rings. The highest BCUT2D eigenvalue weighted by molar-refractivity contribution is 7.98. The van der Waals surface area contributed by atoms with Crippen LogP contribution in [0.4, 0.5) is 14.6 Å². The van der Waals surface area contributed by atoms with Gasteiger partial charge in [-0.1, -0.05) is 24.3 Å². The number of halogens is 2. The zero-order valence-electron chi connectivity index (χ0n) is 15.7. The van der Waals surface area contributed by atoms with Crippen molar-refractivity contribution in [1.29, 1.82) is 0 Å². The fourth-order valence-corrected chi connectivity index (χ4v) is 3.27. The van der Waals surface area contributed by atoms with Crippen LogP contribution in [0.1, 0.15) is 15.9 Å². The zero-order valence-corrected chi connectivity index (χ0v) is 16.6. The standard InChI is InChI=1S/C21H18F2N2O3S/c1-28-21(26)20-16(4-3-5-17(20)22)13-6-7-14(18(23)10-13)12-24-19-11-15(29-2)8-9-25(19)27/h3-11,24H,12H2,1-2H3. The molecule has 0 aliphatic carbocycles. The lowest BCUT2D eigenvalue weighted by Crippen LogP contribution is -2.30. The van der Waals surface area contributed by atoms with E-state index in [1.807, 2.05) is 6.26 Å². The number of pyridine rings is 1. The molecule has 8 heteroatoms. The summed E-state index contributed by atoms with van der Waals surface area (Å²) in [5, 5.41) is 14.8. The summed E-state index contributed by atoms with van der Waals surface area (Å²) in [6, 6.07) is 11.8. The summed E-state index contributed by atoms with van der Waals surface area (Å²) in [5.74, 6) is -1.82. The zero-order chi connectivity index (χ0) is 21.0. The van der Waals surface area contributed by atoms with E-state index in [1.54, 1.807) is 18.2 Å². The molecule has 1 N–H and O–H groups in total. The minimum absolute atomic E-state index is 0.0825. The van der Waals surface area contributed by atoms with Crippen LogP contribution < -0.4 is 10.0 Å². The molecule has 1 aromatic heterocycles. The van der Waals surface area contributed by atoms with Crippen molar-refractivity contribution >= 4 is 23.5 Å². The van der Waals surface area contributed by atoms with E-state index in [2.05, 4.69) is 10.1 Å². The maximum atomic E-state index is 14.7. The van der Waals surface area contributed by atoms with Crippen LogP contribution in [0.5, 0.6) is 0 Å². The Labute approximate surface area is 170 Å². The summed E-state index contributed by atoms with van der Waals surface area (Å²) in [5.41, 5.74) is 0.649. The predicted molar refractivity (Wildman–Crippen MR) is 108 cm³/mol. The Morgan fingerprint density at radius 2 is 1.97 bits per heavy atom. The number of anilines is 1. The lowest BCUT2D eigenvalue weighted by atomic mass is 9.98. The number of hydrogen-bond donors (Lipinski definition) is 1. The maximum absolute atomic E-state index is 14.7. The Bertz CT molecular complexity index is 1060. The van der Waals surface area contributed by atoms with Gasteiger partial charge < -0.3 is 9.94 Å². The Morgan fingerprint density at radius 3 is 2.66 bits per heavy atom. The first-order chi connectivity index (χ1) is 13.9. The van der Waals surface area contributed by atoms with Crippen molar-refractivity contribution in [3.63, 3.8) is 0 Å². The summed E-state index contributed by atoms with van der Waals surface area (Å²) < 4.78 is 34.1. The fourth-order valence-electron chi connectivity index (χ4n) is 2.84. The number of nitrogens with zero attached hydrogens (tertiary/aromatic N) is 1. The van der Waals surface area contributed by atoms with Gasteiger partial charge in [-0.2, -0.15) is 0 Å². The second kappa shape index (κ2) is 8.91. The van der Waals surface area contributed by atoms with Gasteiger partial charge in [0.15, 0.2) is 0 Å². The van der Waals surface area contributed by atoms with Gasteiger partial charge in [-0.3, -0.25) is 5.32 Å². The third-order valence-electron chi connectivity index (χ3n) is 4.35. The Balaban J connectivity index is 1.87. The average Bonchev–Trinajstić information content (AvgIpc) is 2.73. The number of hydrogen-bond acceptors (Lipinski definition) is 5.